The number of likely N-dealkylation sites (N-methyl/N-ethyl adjacent to an activating group) is 1. The number of likely N-dealkylation sites (tertiary alicyclic amines) is 1. The van der Waals surface area contributed by atoms with Crippen molar-refractivity contribution in [3.8, 4) is 22.9 Å². The predicted molar refractivity (Wildman–Crippen MR) is 140 cm³/mol. The van der Waals surface area contributed by atoms with E-state index in [1.54, 1.807) is 24.3 Å². The molecule has 1 fully saturated rings. The van der Waals surface area contributed by atoms with Crippen molar-refractivity contribution >= 4 is 43.3 Å². The number of nitrogens with one attached hydrogen (secondary N) is 1. The van der Waals surface area contributed by atoms with Crippen LogP contribution in [0.25, 0.3) is 44.0 Å². The van der Waals surface area contributed by atoms with Gasteiger partial charge in [0.05, 0.1) is 28.6 Å². The van der Waals surface area contributed by atoms with E-state index in [-0.39, 0.29) is 17.2 Å². The summed E-state index contributed by atoms with van der Waals surface area (Å²) in [4.78, 5) is 19.4. The van der Waals surface area contributed by atoms with Crippen molar-refractivity contribution in [1.82, 2.24) is 14.5 Å². The van der Waals surface area contributed by atoms with Crippen LogP contribution >= 0.6 is 0 Å². The van der Waals surface area contributed by atoms with Crippen LogP contribution in [0.4, 0.5) is 3.89 Å². The molecule has 37 heavy (non-hydrogen) atoms. The fraction of sp³-hybridized carbons (Fsp3) is 0.185. The molecule has 0 atom stereocenters. The summed E-state index contributed by atoms with van der Waals surface area (Å²) < 4.78 is 41.7. The molecule has 1 saturated heterocycles. The van der Waals surface area contributed by atoms with Crippen LogP contribution in [0.1, 0.15) is 17.2 Å². The van der Waals surface area contributed by atoms with Crippen molar-refractivity contribution in [2.45, 2.75) is 13.0 Å². The minimum Gasteiger partial charge on any atom is -0.358 e. The molecule has 0 aliphatic carbocycles. The Hall–Kier alpha value is -4.20. The number of halogens is 1. The maximum Gasteiger partial charge on any atom is 0.488 e. The first-order chi connectivity index (χ1) is 17.6. The molecule has 0 unspecified atom stereocenters. The van der Waals surface area contributed by atoms with Gasteiger partial charge >= 0.3 is 10.5 Å². The van der Waals surface area contributed by atoms with E-state index in [9.17, 15) is 22.4 Å². The Morgan fingerprint density at radius 3 is 2.59 bits per heavy atom. The number of pyridine rings is 1. The molecular weight excluding hydrogens is 495 g/mol. The molecule has 3 heterocycles. The Morgan fingerprint density at radius 2 is 1.89 bits per heavy atom. The van der Waals surface area contributed by atoms with Gasteiger partial charge in [-0.15, -0.1) is 0 Å². The van der Waals surface area contributed by atoms with Crippen LogP contribution < -0.4 is 9.61 Å². The van der Waals surface area contributed by atoms with Crippen molar-refractivity contribution in [3.63, 3.8) is 0 Å². The zero-order valence-corrected chi connectivity index (χ0v) is 20.8. The average molecular weight is 517 g/mol. The number of aromatic amines is 1. The first kappa shape index (κ1) is 23.2. The number of hydrogen-bond acceptors (Lipinski definition) is 6. The number of aryl methyl sites for hydroxylation is 1. The van der Waals surface area contributed by atoms with Gasteiger partial charge in [0.1, 0.15) is 11.4 Å². The third-order valence-electron chi connectivity index (χ3n) is 6.97. The molecule has 0 amide bonds. The van der Waals surface area contributed by atoms with Gasteiger partial charge in [-0.1, -0.05) is 22.1 Å². The van der Waals surface area contributed by atoms with Crippen molar-refractivity contribution in [2.24, 2.45) is 0 Å². The molecule has 0 bridgehead atoms. The summed E-state index contributed by atoms with van der Waals surface area (Å²) in [6.07, 6.45) is 0. The summed E-state index contributed by atoms with van der Waals surface area (Å²) in [5.41, 5.74) is 4.72. The van der Waals surface area contributed by atoms with Crippen LogP contribution in [0.3, 0.4) is 0 Å². The van der Waals surface area contributed by atoms with Gasteiger partial charge in [0.15, 0.2) is 5.43 Å². The van der Waals surface area contributed by atoms with Gasteiger partial charge < -0.3 is 18.6 Å². The number of nitriles is 1. The van der Waals surface area contributed by atoms with Crippen LogP contribution in [0.5, 0.6) is 5.75 Å². The molecule has 3 aromatic carbocycles. The van der Waals surface area contributed by atoms with Crippen LogP contribution in [0.15, 0.2) is 59.4 Å². The second-order valence-electron chi connectivity index (χ2n) is 9.48. The summed E-state index contributed by atoms with van der Waals surface area (Å²) >= 11 is 0. The molecule has 186 valence electrons. The quantitative estimate of drug-likeness (QED) is 0.351. The minimum absolute atomic E-state index is 0.111. The summed E-state index contributed by atoms with van der Waals surface area (Å²) in [7, 11) is -3.13. The van der Waals surface area contributed by atoms with Gasteiger partial charge in [-0.25, -0.2) is 0 Å². The van der Waals surface area contributed by atoms with E-state index >= 15 is 0 Å². The predicted octanol–water partition coefficient (Wildman–Crippen LogP) is 4.56. The highest BCUT2D eigenvalue weighted by molar-refractivity contribution is 7.81. The summed E-state index contributed by atoms with van der Waals surface area (Å²) in [5, 5.41) is 11.3. The van der Waals surface area contributed by atoms with Crippen molar-refractivity contribution < 1.29 is 16.5 Å². The van der Waals surface area contributed by atoms with Gasteiger partial charge in [0, 0.05) is 29.4 Å². The molecule has 1 aliphatic heterocycles. The van der Waals surface area contributed by atoms with Gasteiger partial charge in [-0.05, 0) is 67.1 Å². The second kappa shape index (κ2) is 8.16. The Kier molecular flexibility index (Phi) is 5.12. The van der Waals surface area contributed by atoms with Gasteiger partial charge in [-0.2, -0.15) is 13.7 Å². The Balaban J connectivity index is 1.66. The average Bonchev–Trinajstić information content (AvgIpc) is 3.20. The van der Waals surface area contributed by atoms with Crippen LogP contribution in [0.2, 0.25) is 0 Å². The number of fused-ring (bicyclic) bond motifs is 4. The van der Waals surface area contributed by atoms with E-state index in [2.05, 4.69) is 24.7 Å². The first-order valence-electron chi connectivity index (χ1n) is 11.6. The van der Waals surface area contributed by atoms with E-state index in [0.717, 1.165) is 40.6 Å². The molecular formula is C27H21FN4O4S. The van der Waals surface area contributed by atoms with Crippen LogP contribution in [-0.2, 0) is 10.5 Å². The highest BCUT2D eigenvalue weighted by Crippen LogP contribution is 2.36. The number of hydrogen-bond donors (Lipinski definition) is 1. The van der Waals surface area contributed by atoms with Crippen LogP contribution in [0, 0.1) is 18.3 Å². The van der Waals surface area contributed by atoms with E-state index in [0.29, 0.717) is 27.5 Å². The lowest BCUT2D eigenvalue weighted by Crippen LogP contribution is -2.45. The molecule has 1 aliphatic rings. The molecule has 5 aromatic rings. The van der Waals surface area contributed by atoms with E-state index in [4.69, 9.17) is 0 Å². The Labute approximate surface area is 211 Å². The summed E-state index contributed by atoms with van der Waals surface area (Å²) in [6.45, 7) is 3.47. The number of aromatic nitrogens is 2. The number of benzene rings is 3. The Morgan fingerprint density at radius 1 is 1.11 bits per heavy atom. The standard InChI is InChI=1S/C27H21FN4O4S/c1-15-8-22-24(11-21(15)17-4-3-5-19(10-17)36-37(28,34)35)32(18-13-31(2)14-18)27-25(26(22)33)20-7-6-16(12-29)9-23(20)30-27/h3-11,18,30H,13-14H2,1-2H3. The fourth-order valence-electron chi connectivity index (χ4n) is 5.35. The molecule has 0 spiro atoms. The zero-order chi connectivity index (χ0) is 26.1. The van der Waals surface area contributed by atoms with Crippen molar-refractivity contribution in [2.75, 3.05) is 20.1 Å². The third-order valence-corrected chi connectivity index (χ3v) is 7.37. The third kappa shape index (κ3) is 3.84. The fourth-order valence-corrected chi connectivity index (χ4v) is 5.68. The molecule has 0 saturated carbocycles. The normalized spacial score (nSPS) is 14.8. The highest BCUT2D eigenvalue weighted by atomic mass is 32.3. The van der Waals surface area contributed by atoms with E-state index < -0.39 is 10.5 Å². The van der Waals surface area contributed by atoms with E-state index in [1.165, 1.54) is 12.1 Å². The number of nitrogens with zero attached hydrogens (tertiary/aromatic N) is 3. The number of rotatable bonds is 4. The number of H-pyrrole nitrogens is 1. The second-order valence-corrected chi connectivity index (χ2v) is 10.4. The molecule has 1 N–H and O–H groups in total. The van der Waals surface area contributed by atoms with Gasteiger partial charge in [0.25, 0.3) is 0 Å². The van der Waals surface area contributed by atoms with Gasteiger partial charge in [-0.3, -0.25) is 4.79 Å². The maximum absolute atomic E-state index is 13.8. The summed E-state index contributed by atoms with van der Waals surface area (Å²) in [6, 6.07) is 17.5. The molecule has 8 nitrogen and oxygen atoms in total. The summed E-state index contributed by atoms with van der Waals surface area (Å²) in [5.74, 6) is -0.142. The zero-order valence-electron chi connectivity index (χ0n) is 19.9. The minimum atomic E-state index is -5.16. The molecule has 0 radical (unpaired) electrons. The maximum atomic E-state index is 13.8. The lowest BCUT2D eigenvalue weighted by Gasteiger charge is -2.39. The smallest absolute Gasteiger partial charge is 0.358 e. The van der Waals surface area contributed by atoms with Crippen LogP contribution in [-0.4, -0.2) is 43.0 Å². The van der Waals surface area contributed by atoms with Gasteiger partial charge in [0.2, 0.25) is 0 Å². The van der Waals surface area contributed by atoms with Crippen molar-refractivity contribution in [1.29, 1.82) is 5.26 Å². The van der Waals surface area contributed by atoms with Crippen molar-refractivity contribution in [3.05, 3.63) is 75.9 Å². The lowest BCUT2D eigenvalue weighted by atomic mass is 9.96. The SMILES string of the molecule is Cc1cc2c(=O)c3c4ccc(C#N)cc4[nH]c3n(C3CN(C)C3)c2cc1-c1cccc(OS(=O)(=O)F)c1. The largest absolute Gasteiger partial charge is 0.488 e. The molecule has 6 rings (SSSR count). The first-order valence-corrected chi connectivity index (χ1v) is 12.9. The topological polar surface area (TPSA) is 108 Å². The molecule has 10 heteroatoms. The monoisotopic (exact) mass is 516 g/mol. The Bertz CT molecular complexity index is 1960. The van der Waals surface area contributed by atoms with E-state index in [1.807, 2.05) is 32.2 Å². The molecule has 2 aromatic heterocycles. The highest BCUT2D eigenvalue weighted by Gasteiger charge is 2.29. The lowest BCUT2D eigenvalue weighted by molar-refractivity contribution is 0.146.